The molecule has 0 aliphatic heterocycles. The van der Waals surface area contributed by atoms with Crippen LogP contribution in [0.5, 0.6) is 0 Å². The molecule has 1 fully saturated rings. The summed E-state index contributed by atoms with van der Waals surface area (Å²) in [7, 11) is 0. The van der Waals surface area contributed by atoms with Gasteiger partial charge in [0, 0.05) is 0 Å². The first kappa shape index (κ1) is 11.6. The number of benzene rings is 1. The molecule has 0 bridgehead atoms. The van der Waals surface area contributed by atoms with E-state index < -0.39 is 6.10 Å². The minimum Gasteiger partial charge on any atom is -0.388 e. The fraction of sp³-hybridized carbons (Fsp3) is 0.571. The lowest BCUT2D eigenvalue weighted by Crippen LogP contribution is -2.11. The Bertz CT molecular complexity index is 312. The van der Waals surface area contributed by atoms with Gasteiger partial charge in [0.05, 0.1) is 6.10 Å². The van der Waals surface area contributed by atoms with Crippen LogP contribution in [0.3, 0.4) is 0 Å². The smallest absolute Gasteiger partial charge is 0.123 e. The Morgan fingerprint density at radius 2 is 1.56 bits per heavy atom. The normalized spacial score (nSPS) is 20.4. The lowest BCUT2D eigenvalue weighted by atomic mass is 9.89. The number of rotatable bonds is 2. The van der Waals surface area contributed by atoms with Crippen molar-refractivity contribution < 1.29 is 9.50 Å². The first-order valence-electron chi connectivity index (χ1n) is 6.21. The second kappa shape index (κ2) is 5.44. The van der Waals surface area contributed by atoms with Gasteiger partial charge in [-0.15, -0.1) is 0 Å². The highest BCUT2D eigenvalue weighted by Crippen LogP contribution is 2.33. The second-order valence-electron chi connectivity index (χ2n) is 4.75. The van der Waals surface area contributed by atoms with E-state index in [4.69, 9.17) is 0 Å². The Morgan fingerprint density at radius 1 is 1.00 bits per heavy atom. The van der Waals surface area contributed by atoms with Crippen molar-refractivity contribution in [2.45, 2.75) is 44.6 Å². The van der Waals surface area contributed by atoms with E-state index in [0.717, 1.165) is 18.4 Å². The first-order valence-corrected chi connectivity index (χ1v) is 6.21. The molecular formula is C14H19FO. The van der Waals surface area contributed by atoms with Crippen molar-refractivity contribution in [2.75, 3.05) is 0 Å². The van der Waals surface area contributed by atoms with Gasteiger partial charge in [-0.2, -0.15) is 0 Å². The van der Waals surface area contributed by atoms with Crippen molar-refractivity contribution in [3.8, 4) is 0 Å². The molecule has 1 atom stereocenters. The van der Waals surface area contributed by atoms with E-state index in [9.17, 15) is 9.50 Å². The zero-order valence-electron chi connectivity index (χ0n) is 9.53. The van der Waals surface area contributed by atoms with Gasteiger partial charge in [-0.05, 0) is 36.5 Å². The molecule has 0 aromatic heterocycles. The summed E-state index contributed by atoms with van der Waals surface area (Å²) < 4.78 is 12.8. The van der Waals surface area contributed by atoms with Crippen LogP contribution in [-0.4, -0.2) is 5.11 Å². The van der Waals surface area contributed by atoms with Crippen LogP contribution in [0.2, 0.25) is 0 Å². The summed E-state index contributed by atoms with van der Waals surface area (Å²) in [5.74, 6) is 0.116. The molecule has 16 heavy (non-hydrogen) atoms. The molecule has 88 valence electrons. The van der Waals surface area contributed by atoms with Gasteiger partial charge in [-0.1, -0.05) is 37.8 Å². The number of hydrogen-bond acceptors (Lipinski definition) is 1. The van der Waals surface area contributed by atoms with Gasteiger partial charge in [0.15, 0.2) is 0 Å². The Hall–Kier alpha value is -0.890. The minimum absolute atomic E-state index is 0.239. The van der Waals surface area contributed by atoms with Crippen LogP contribution in [0.15, 0.2) is 24.3 Å². The average molecular weight is 222 g/mol. The van der Waals surface area contributed by atoms with Gasteiger partial charge < -0.3 is 5.11 Å². The van der Waals surface area contributed by atoms with Gasteiger partial charge >= 0.3 is 0 Å². The highest BCUT2D eigenvalue weighted by Gasteiger charge is 2.21. The Balaban J connectivity index is 2.04. The van der Waals surface area contributed by atoms with E-state index >= 15 is 0 Å². The topological polar surface area (TPSA) is 20.2 Å². The van der Waals surface area contributed by atoms with Crippen molar-refractivity contribution in [3.05, 3.63) is 35.6 Å². The Kier molecular flexibility index (Phi) is 3.94. The molecule has 1 aromatic carbocycles. The van der Waals surface area contributed by atoms with Crippen LogP contribution in [0.25, 0.3) is 0 Å². The number of aliphatic hydroxyl groups is 1. The van der Waals surface area contributed by atoms with Gasteiger partial charge in [-0.3, -0.25) is 0 Å². The summed E-state index contributed by atoms with van der Waals surface area (Å²) in [6.45, 7) is 0. The third-order valence-corrected chi connectivity index (χ3v) is 3.56. The molecule has 1 aromatic rings. The SMILES string of the molecule is O[C@H](c1ccc(F)cc1)C1CCCCCC1. The summed E-state index contributed by atoms with van der Waals surface area (Å²) in [5.41, 5.74) is 0.855. The van der Waals surface area contributed by atoms with Crippen LogP contribution in [0.1, 0.15) is 50.2 Å². The third kappa shape index (κ3) is 2.82. The van der Waals surface area contributed by atoms with Crippen LogP contribution in [0, 0.1) is 11.7 Å². The molecule has 0 spiro atoms. The van der Waals surface area contributed by atoms with E-state index in [0.29, 0.717) is 5.92 Å². The highest BCUT2D eigenvalue weighted by atomic mass is 19.1. The second-order valence-corrected chi connectivity index (χ2v) is 4.75. The minimum atomic E-state index is -0.418. The van der Waals surface area contributed by atoms with Crippen molar-refractivity contribution in [1.82, 2.24) is 0 Å². The fourth-order valence-corrected chi connectivity index (χ4v) is 2.56. The van der Waals surface area contributed by atoms with Gasteiger partial charge in [0.1, 0.15) is 5.82 Å². The number of aliphatic hydroxyl groups excluding tert-OH is 1. The first-order chi connectivity index (χ1) is 7.77. The molecule has 1 aliphatic rings. The quantitative estimate of drug-likeness (QED) is 0.754. The van der Waals surface area contributed by atoms with Crippen molar-refractivity contribution >= 4 is 0 Å². The van der Waals surface area contributed by atoms with Crippen molar-refractivity contribution in [2.24, 2.45) is 5.92 Å². The zero-order chi connectivity index (χ0) is 11.4. The maximum absolute atomic E-state index is 12.8. The van der Waals surface area contributed by atoms with Gasteiger partial charge in [0.2, 0.25) is 0 Å². The number of hydrogen-bond donors (Lipinski definition) is 1. The average Bonchev–Trinajstić information content (AvgIpc) is 2.57. The van der Waals surface area contributed by atoms with Crippen LogP contribution in [-0.2, 0) is 0 Å². The summed E-state index contributed by atoms with van der Waals surface area (Å²) in [4.78, 5) is 0. The molecule has 0 heterocycles. The molecule has 2 rings (SSSR count). The Morgan fingerprint density at radius 3 is 2.12 bits per heavy atom. The van der Waals surface area contributed by atoms with Crippen LogP contribution < -0.4 is 0 Å². The maximum atomic E-state index is 12.8. The van der Waals surface area contributed by atoms with Crippen LogP contribution >= 0.6 is 0 Å². The molecule has 1 N–H and O–H groups in total. The van der Waals surface area contributed by atoms with E-state index in [1.807, 2.05) is 0 Å². The monoisotopic (exact) mass is 222 g/mol. The molecular weight excluding hydrogens is 203 g/mol. The molecule has 2 heteroatoms. The summed E-state index contributed by atoms with van der Waals surface area (Å²) in [6, 6.07) is 6.25. The van der Waals surface area contributed by atoms with Crippen LogP contribution in [0.4, 0.5) is 4.39 Å². The lowest BCUT2D eigenvalue weighted by molar-refractivity contribution is 0.0987. The summed E-state index contributed by atoms with van der Waals surface area (Å²) >= 11 is 0. The summed E-state index contributed by atoms with van der Waals surface area (Å²) in [6.07, 6.45) is 6.76. The van der Waals surface area contributed by atoms with E-state index in [1.165, 1.54) is 37.8 Å². The maximum Gasteiger partial charge on any atom is 0.123 e. The largest absolute Gasteiger partial charge is 0.388 e. The molecule has 0 unspecified atom stereocenters. The molecule has 1 nitrogen and oxygen atoms in total. The third-order valence-electron chi connectivity index (χ3n) is 3.56. The lowest BCUT2D eigenvalue weighted by Gasteiger charge is -2.21. The molecule has 1 aliphatic carbocycles. The molecule has 0 amide bonds. The Labute approximate surface area is 96.3 Å². The standard InChI is InChI=1S/C14H19FO/c15-13-9-7-12(8-10-13)14(16)11-5-3-1-2-4-6-11/h7-11,14,16H,1-6H2/t14-/m0/s1. The van der Waals surface area contributed by atoms with E-state index in [-0.39, 0.29) is 5.82 Å². The van der Waals surface area contributed by atoms with Gasteiger partial charge in [-0.25, -0.2) is 4.39 Å². The molecule has 0 radical (unpaired) electrons. The van der Waals surface area contributed by atoms with Crippen molar-refractivity contribution in [3.63, 3.8) is 0 Å². The number of halogens is 1. The van der Waals surface area contributed by atoms with Crippen molar-refractivity contribution in [1.29, 1.82) is 0 Å². The van der Waals surface area contributed by atoms with Gasteiger partial charge in [0.25, 0.3) is 0 Å². The van der Waals surface area contributed by atoms with E-state index in [1.54, 1.807) is 12.1 Å². The highest BCUT2D eigenvalue weighted by molar-refractivity contribution is 5.19. The van der Waals surface area contributed by atoms with E-state index in [2.05, 4.69) is 0 Å². The molecule has 1 saturated carbocycles. The predicted octanol–water partition coefficient (Wildman–Crippen LogP) is 3.83. The predicted molar refractivity (Wildman–Crippen MR) is 62.6 cm³/mol. The zero-order valence-corrected chi connectivity index (χ0v) is 9.53. The summed E-state index contributed by atoms with van der Waals surface area (Å²) in [5, 5.41) is 10.2. The molecule has 0 saturated heterocycles. The fourth-order valence-electron chi connectivity index (χ4n) is 2.56.